The van der Waals surface area contributed by atoms with Crippen molar-refractivity contribution in [3.8, 4) is 5.75 Å². The zero-order valence-corrected chi connectivity index (χ0v) is 15.9. The van der Waals surface area contributed by atoms with Gasteiger partial charge in [0.05, 0.1) is 18.5 Å². The van der Waals surface area contributed by atoms with Crippen LogP contribution in [0.4, 0.5) is 21.6 Å². The van der Waals surface area contributed by atoms with E-state index in [4.69, 9.17) is 16.2 Å². The van der Waals surface area contributed by atoms with Crippen molar-refractivity contribution >= 4 is 22.8 Å². The number of benzene rings is 1. The molecule has 0 bridgehead atoms. The number of nitrogens with zero attached hydrogens (tertiary/aromatic N) is 3. The molecule has 1 fully saturated rings. The van der Waals surface area contributed by atoms with Crippen LogP contribution in [-0.4, -0.2) is 27.2 Å². The number of anilines is 3. The third-order valence-corrected chi connectivity index (χ3v) is 5.29. The molecule has 0 saturated heterocycles. The first-order valence-electron chi connectivity index (χ1n) is 9.65. The molecule has 0 unspecified atom stereocenters. The second-order valence-corrected chi connectivity index (χ2v) is 7.18. The zero-order chi connectivity index (χ0) is 19.7. The lowest BCUT2D eigenvalue weighted by atomic mass is 9.81. The smallest absolute Gasteiger partial charge is 0.234 e. The van der Waals surface area contributed by atoms with Gasteiger partial charge < -0.3 is 21.5 Å². The molecule has 0 radical (unpaired) electrons. The summed E-state index contributed by atoms with van der Waals surface area (Å²) in [6.07, 6.45) is 4.86. The zero-order valence-electron chi connectivity index (χ0n) is 15.9. The van der Waals surface area contributed by atoms with Gasteiger partial charge >= 0.3 is 0 Å². The Morgan fingerprint density at radius 1 is 1.21 bits per heavy atom. The average Bonchev–Trinajstić information content (AvgIpc) is 3.05. The summed E-state index contributed by atoms with van der Waals surface area (Å²) >= 11 is 0. The minimum atomic E-state index is -0.548. The predicted octanol–water partition coefficient (Wildman–Crippen LogP) is 3.58. The van der Waals surface area contributed by atoms with Crippen LogP contribution < -0.4 is 21.5 Å². The molecule has 0 spiro atoms. The van der Waals surface area contributed by atoms with Crippen LogP contribution in [0.1, 0.15) is 44.1 Å². The Kier molecular flexibility index (Phi) is 5.04. The molecule has 5 N–H and O–H groups in total. The number of ether oxygens (including phenoxy) is 1. The topological polar surface area (TPSA) is 103 Å². The molecule has 1 aromatic carbocycles. The van der Waals surface area contributed by atoms with E-state index in [1.54, 1.807) is 0 Å². The molecule has 4 rings (SSSR count). The molecule has 0 amide bonds. The number of nitrogen functional groups attached to an aromatic ring is 1. The van der Waals surface area contributed by atoms with E-state index in [-0.39, 0.29) is 12.0 Å². The van der Waals surface area contributed by atoms with Crippen molar-refractivity contribution in [2.75, 3.05) is 17.7 Å². The van der Waals surface area contributed by atoms with Gasteiger partial charge in [0.2, 0.25) is 5.95 Å². The highest BCUT2D eigenvalue weighted by molar-refractivity contribution is 5.80. The second kappa shape index (κ2) is 7.63. The maximum Gasteiger partial charge on any atom is 0.234 e. The highest BCUT2D eigenvalue weighted by atomic mass is 19.1. The van der Waals surface area contributed by atoms with Crippen molar-refractivity contribution in [1.29, 1.82) is 0 Å². The molecule has 1 aliphatic carbocycles. The van der Waals surface area contributed by atoms with E-state index in [1.165, 1.54) is 0 Å². The number of fused-ring (bicyclic) bond motifs is 1. The molecule has 3 aromatic rings. The third kappa shape index (κ3) is 3.47. The lowest BCUT2D eigenvalue weighted by Crippen LogP contribution is -2.26. The Bertz CT molecular complexity index is 963. The molecular weight excluding hydrogens is 359 g/mol. The van der Waals surface area contributed by atoms with Crippen LogP contribution in [0.5, 0.6) is 5.75 Å². The first kappa shape index (κ1) is 18.5. The summed E-state index contributed by atoms with van der Waals surface area (Å²) in [5.41, 5.74) is 15.2. The summed E-state index contributed by atoms with van der Waals surface area (Å²) in [6, 6.07) is 7.83. The van der Waals surface area contributed by atoms with Crippen LogP contribution in [0.2, 0.25) is 0 Å². The summed E-state index contributed by atoms with van der Waals surface area (Å²) in [5, 5.41) is 7.63. The van der Waals surface area contributed by atoms with Crippen molar-refractivity contribution in [2.24, 2.45) is 5.73 Å². The van der Waals surface area contributed by atoms with Gasteiger partial charge in [0, 0.05) is 17.3 Å². The summed E-state index contributed by atoms with van der Waals surface area (Å²) in [4.78, 5) is 4.23. The van der Waals surface area contributed by atoms with Crippen molar-refractivity contribution < 1.29 is 9.13 Å². The number of nitrogens with one attached hydrogen (secondary N) is 1. The molecule has 1 saturated carbocycles. The lowest BCUT2D eigenvalue weighted by Gasteiger charge is -2.28. The predicted molar refractivity (Wildman–Crippen MR) is 107 cm³/mol. The molecule has 8 heteroatoms. The van der Waals surface area contributed by atoms with Gasteiger partial charge in [-0.2, -0.15) is 8.91 Å². The maximum atomic E-state index is 14.1. The first-order chi connectivity index (χ1) is 13.6. The normalized spacial score (nSPS) is 19.7. The van der Waals surface area contributed by atoms with Crippen molar-refractivity contribution in [1.82, 2.24) is 14.6 Å². The van der Waals surface area contributed by atoms with Crippen LogP contribution in [0.3, 0.4) is 0 Å². The molecular formula is C20H25FN6O. The molecule has 0 aliphatic heterocycles. The number of imidazole rings is 1. The van der Waals surface area contributed by atoms with Crippen LogP contribution >= 0.6 is 0 Å². The van der Waals surface area contributed by atoms with Gasteiger partial charge in [-0.3, -0.25) is 0 Å². The summed E-state index contributed by atoms with van der Waals surface area (Å²) < 4.78 is 20.8. The fourth-order valence-electron chi connectivity index (χ4n) is 3.89. The SMILES string of the molecule is CCOc1ccc(Nc2c3ncc(F)n3nc(N)c2[C@H]2CC[C@@H](N)CC2)cc1. The number of halogens is 1. The van der Waals surface area contributed by atoms with Crippen LogP contribution in [0.25, 0.3) is 5.65 Å². The molecule has 7 nitrogen and oxygen atoms in total. The van der Waals surface area contributed by atoms with Gasteiger partial charge in [-0.05, 0) is 62.8 Å². The van der Waals surface area contributed by atoms with Crippen LogP contribution in [0.15, 0.2) is 30.5 Å². The lowest BCUT2D eigenvalue weighted by molar-refractivity contribution is 0.340. The quantitative estimate of drug-likeness (QED) is 0.621. The number of rotatable bonds is 5. The highest BCUT2D eigenvalue weighted by Gasteiger charge is 2.27. The Balaban J connectivity index is 1.76. The largest absolute Gasteiger partial charge is 0.494 e. The molecule has 2 aromatic heterocycles. The molecule has 0 atom stereocenters. The van der Waals surface area contributed by atoms with Crippen LogP contribution in [0, 0.1) is 5.95 Å². The van der Waals surface area contributed by atoms with Gasteiger partial charge in [0.25, 0.3) is 0 Å². The Hall–Kier alpha value is -2.87. The number of hydrogen-bond acceptors (Lipinski definition) is 6. The minimum Gasteiger partial charge on any atom is -0.494 e. The van der Waals surface area contributed by atoms with Crippen LogP contribution in [-0.2, 0) is 0 Å². The summed E-state index contributed by atoms with van der Waals surface area (Å²) in [5.74, 6) is 0.773. The van der Waals surface area contributed by atoms with E-state index in [0.29, 0.717) is 23.8 Å². The molecule has 2 heterocycles. The molecule has 148 valence electrons. The fourth-order valence-corrected chi connectivity index (χ4v) is 3.89. The van der Waals surface area contributed by atoms with E-state index >= 15 is 0 Å². The first-order valence-corrected chi connectivity index (χ1v) is 9.65. The minimum absolute atomic E-state index is 0.210. The summed E-state index contributed by atoms with van der Waals surface area (Å²) in [6.45, 7) is 2.55. The Morgan fingerprint density at radius 3 is 2.61 bits per heavy atom. The van der Waals surface area contributed by atoms with E-state index in [1.807, 2.05) is 31.2 Å². The highest BCUT2D eigenvalue weighted by Crippen LogP contribution is 2.41. The fraction of sp³-hybridized carbons (Fsp3) is 0.400. The van der Waals surface area contributed by atoms with E-state index in [2.05, 4.69) is 15.4 Å². The van der Waals surface area contributed by atoms with Crippen molar-refractivity contribution in [3.05, 3.63) is 42.0 Å². The van der Waals surface area contributed by atoms with E-state index in [9.17, 15) is 4.39 Å². The number of hydrogen-bond donors (Lipinski definition) is 3. The van der Waals surface area contributed by atoms with Crippen molar-refractivity contribution in [2.45, 2.75) is 44.6 Å². The number of aromatic nitrogens is 3. The van der Waals surface area contributed by atoms with E-state index in [0.717, 1.165) is 53.4 Å². The monoisotopic (exact) mass is 384 g/mol. The molecule has 28 heavy (non-hydrogen) atoms. The third-order valence-electron chi connectivity index (χ3n) is 5.29. The van der Waals surface area contributed by atoms with Gasteiger partial charge in [0.15, 0.2) is 5.65 Å². The van der Waals surface area contributed by atoms with Gasteiger partial charge in [-0.15, -0.1) is 5.10 Å². The second-order valence-electron chi connectivity index (χ2n) is 7.18. The van der Waals surface area contributed by atoms with Crippen molar-refractivity contribution in [3.63, 3.8) is 0 Å². The van der Waals surface area contributed by atoms with Gasteiger partial charge in [-0.1, -0.05) is 0 Å². The van der Waals surface area contributed by atoms with Gasteiger partial charge in [-0.25, -0.2) is 4.98 Å². The number of nitrogens with two attached hydrogens (primary N) is 2. The van der Waals surface area contributed by atoms with Gasteiger partial charge in [0.1, 0.15) is 11.6 Å². The standard InChI is InChI=1S/C20H25FN6O/c1-2-28-15-9-7-14(8-10-15)25-18-17(12-3-5-13(22)6-4-12)19(23)26-27-16(21)11-24-20(18)27/h7-13,25H,2-6,22H2,1H3,(H2,23,26)/t12-,13+. The summed E-state index contributed by atoms with van der Waals surface area (Å²) in [7, 11) is 0. The van der Waals surface area contributed by atoms with E-state index < -0.39 is 5.95 Å². The maximum absolute atomic E-state index is 14.1. The molecule has 1 aliphatic rings. The Labute approximate surface area is 162 Å². The Morgan fingerprint density at radius 2 is 1.93 bits per heavy atom. The average molecular weight is 384 g/mol.